The third kappa shape index (κ3) is 4.67. The zero-order chi connectivity index (χ0) is 15.5. The molecule has 0 aliphatic heterocycles. The summed E-state index contributed by atoms with van der Waals surface area (Å²) in [6, 6.07) is 8.98. The van der Waals surface area contributed by atoms with E-state index >= 15 is 0 Å². The van der Waals surface area contributed by atoms with Crippen molar-refractivity contribution in [3.63, 3.8) is 0 Å². The van der Waals surface area contributed by atoms with Gasteiger partial charge in [-0.15, -0.1) is 0 Å². The molecule has 1 saturated carbocycles. The van der Waals surface area contributed by atoms with Crippen LogP contribution in [0.15, 0.2) is 35.5 Å². The minimum Gasteiger partial charge on any atom is -0.331 e. The molecule has 0 saturated heterocycles. The van der Waals surface area contributed by atoms with Crippen LogP contribution in [0.4, 0.5) is 0 Å². The van der Waals surface area contributed by atoms with Crippen molar-refractivity contribution in [3.8, 4) is 0 Å². The Hall–Kier alpha value is -1.68. The van der Waals surface area contributed by atoms with Gasteiger partial charge in [-0.2, -0.15) is 0 Å². The lowest BCUT2D eigenvalue weighted by Crippen LogP contribution is -2.38. The zero-order valence-corrected chi connectivity index (χ0v) is 13.4. The van der Waals surface area contributed by atoms with E-state index < -0.39 is 0 Å². The van der Waals surface area contributed by atoms with Crippen LogP contribution >= 0.6 is 0 Å². The molecule has 0 unspecified atom stereocenters. The number of nitrogens with zero attached hydrogens (tertiary/aromatic N) is 2. The summed E-state index contributed by atoms with van der Waals surface area (Å²) in [5.41, 5.74) is 1.55. The lowest BCUT2D eigenvalue weighted by atomic mass is 10.1. The molecule has 0 N–H and O–H groups in total. The maximum Gasteiger partial charge on any atom is 0.365 e. The molecule has 4 nitrogen and oxygen atoms in total. The number of hydrogen-bond donors (Lipinski definition) is 0. The van der Waals surface area contributed by atoms with Crippen molar-refractivity contribution in [2.24, 2.45) is 17.0 Å². The second-order valence-corrected chi connectivity index (χ2v) is 7.01. The molecular formula is C17H25N2O2+. The second kappa shape index (κ2) is 6.39. The van der Waals surface area contributed by atoms with Gasteiger partial charge in [0.1, 0.15) is 0 Å². The van der Waals surface area contributed by atoms with Crippen LogP contribution < -0.4 is 0 Å². The molecule has 0 radical (unpaired) electrons. The normalized spacial score (nSPS) is 24.3. The van der Waals surface area contributed by atoms with Crippen LogP contribution in [-0.4, -0.2) is 43.9 Å². The van der Waals surface area contributed by atoms with Gasteiger partial charge in [0.2, 0.25) is 0 Å². The van der Waals surface area contributed by atoms with Gasteiger partial charge in [0.25, 0.3) is 0 Å². The van der Waals surface area contributed by atoms with Crippen LogP contribution in [0.3, 0.4) is 0 Å². The first kappa shape index (κ1) is 15.7. The number of oxime groups is 1. The first-order chi connectivity index (χ1) is 9.85. The average molecular weight is 289 g/mol. The van der Waals surface area contributed by atoms with Crippen LogP contribution in [0.2, 0.25) is 0 Å². The number of carbonyl (C=O) groups is 1. The van der Waals surface area contributed by atoms with Crippen molar-refractivity contribution < 1.29 is 14.1 Å². The Morgan fingerprint density at radius 2 is 1.95 bits per heavy atom. The minimum atomic E-state index is -0.384. The van der Waals surface area contributed by atoms with Crippen molar-refractivity contribution >= 4 is 11.7 Å². The van der Waals surface area contributed by atoms with Crippen LogP contribution in [-0.2, 0) is 4.84 Å². The highest BCUT2D eigenvalue weighted by atomic mass is 16.7. The standard InChI is InChI=1S/C17H25N2O2/c1-13-10-14(12-19(2,3)4)11-16(13)18-21-17(20)15-8-6-5-7-9-15/h5-9,13-14H,10-12H2,1-4H3/q+1/b18-16+/t13-,14+/m1/s1. The second-order valence-electron chi connectivity index (χ2n) is 7.01. The summed E-state index contributed by atoms with van der Waals surface area (Å²) >= 11 is 0. The molecule has 0 bridgehead atoms. The summed E-state index contributed by atoms with van der Waals surface area (Å²) in [5, 5.41) is 4.12. The van der Waals surface area contributed by atoms with Gasteiger partial charge in [-0.25, -0.2) is 4.79 Å². The van der Waals surface area contributed by atoms with Gasteiger partial charge in [0.15, 0.2) is 0 Å². The monoisotopic (exact) mass is 289 g/mol. The number of rotatable bonds is 4. The van der Waals surface area contributed by atoms with E-state index in [-0.39, 0.29) is 5.97 Å². The predicted octanol–water partition coefficient (Wildman–Crippen LogP) is 2.95. The maximum atomic E-state index is 11.9. The Morgan fingerprint density at radius 3 is 2.57 bits per heavy atom. The molecule has 0 heterocycles. The Bertz CT molecular complexity index is 517. The molecule has 1 fully saturated rings. The summed E-state index contributed by atoms with van der Waals surface area (Å²) in [6.45, 7) is 3.28. The number of benzene rings is 1. The lowest BCUT2D eigenvalue weighted by molar-refractivity contribution is -0.873. The highest BCUT2D eigenvalue weighted by Gasteiger charge is 2.31. The fraction of sp³-hybridized carbons (Fsp3) is 0.529. The van der Waals surface area contributed by atoms with Gasteiger partial charge in [0.05, 0.1) is 39.0 Å². The summed E-state index contributed by atoms with van der Waals surface area (Å²) < 4.78 is 0.953. The van der Waals surface area contributed by atoms with E-state index in [0.29, 0.717) is 17.4 Å². The molecule has 4 heteroatoms. The molecule has 1 aliphatic carbocycles. The smallest absolute Gasteiger partial charge is 0.331 e. The van der Waals surface area contributed by atoms with E-state index in [2.05, 4.69) is 33.2 Å². The third-order valence-electron chi connectivity index (χ3n) is 3.81. The summed E-state index contributed by atoms with van der Waals surface area (Å²) in [6.07, 6.45) is 2.05. The van der Waals surface area contributed by atoms with Gasteiger partial charge in [-0.1, -0.05) is 30.3 Å². The predicted molar refractivity (Wildman–Crippen MR) is 84.1 cm³/mol. The lowest BCUT2D eigenvalue weighted by Gasteiger charge is -2.27. The average Bonchev–Trinajstić information content (AvgIpc) is 2.74. The third-order valence-corrected chi connectivity index (χ3v) is 3.81. The van der Waals surface area contributed by atoms with Gasteiger partial charge in [0, 0.05) is 5.92 Å². The van der Waals surface area contributed by atoms with Crippen molar-refractivity contribution in [1.82, 2.24) is 0 Å². The quantitative estimate of drug-likeness (QED) is 0.485. The van der Waals surface area contributed by atoms with Gasteiger partial charge in [-0.05, 0) is 30.9 Å². The molecular weight excluding hydrogens is 264 g/mol. The van der Waals surface area contributed by atoms with Crippen molar-refractivity contribution in [3.05, 3.63) is 35.9 Å². The Balaban J connectivity index is 1.94. The zero-order valence-electron chi connectivity index (χ0n) is 13.4. The van der Waals surface area contributed by atoms with E-state index in [1.807, 2.05) is 18.2 Å². The number of hydrogen-bond acceptors (Lipinski definition) is 3. The van der Waals surface area contributed by atoms with Crippen molar-refractivity contribution in [1.29, 1.82) is 0 Å². The maximum absolute atomic E-state index is 11.9. The number of quaternary nitrogens is 1. The van der Waals surface area contributed by atoms with E-state index in [1.165, 1.54) is 0 Å². The van der Waals surface area contributed by atoms with Gasteiger partial charge >= 0.3 is 5.97 Å². The molecule has 1 aromatic rings. The summed E-state index contributed by atoms with van der Waals surface area (Å²) in [7, 11) is 6.61. The first-order valence-corrected chi connectivity index (χ1v) is 7.49. The highest BCUT2D eigenvalue weighted by Crippen LogP contribution is 2.30. The van der Waals surface area contributed by atoms with Crippen LogP contribution in [0.25, 0.3) is 0 Å². The van der Waals surface area contributed by atoms with Crippen LogP contribution in [0, 0.1) is 11.8 Å². The molecule has 1 aliphatic rings. The molecule has 1 aromatic carbocycles. The van der Waals surface area contributed by atoms with Gasteiger partial charge < -0.3 is 9.32 Å². The molecule has 0 spiro atoms. The molecule has 2 rings (SSSR count). The molecule has 0 aromatic heterocycles. The van der Waals surface area contributed by atoms with Crippen LogP contribution in [0.5, 0.6) is 0 Å². The highest BCUT2D eigenvalue weighted by molar-refractivity contribution is 5.92. The molecule has 21 heavy (non-hydrogen) atoms. The van der Waals surface area contributed by atoms with E-state index in [1.54, 1.807) is 12.1 Å². The van der Waals surface area contributed by atoms with Crippen molar-refractivity contribution in [2.75, 3.05) is 27.7 Å². The fourth-order valence-corrected chi connectivity index (χ4v) is 2.98. The Morgan fingerprint density at radius 1 is 1.29 bits per heavy atom. The molecule has 114 valence electrons. The van der Waals surface area contributed by atoms with Crippen molar-refractivity contribution in [2.45, 2.75) is 19.8 Å². The van der Waals surface area contributed by atoms with E-state index in [0.717, 1.165) is 29.6 Å². The molecule has 0 amide bonds. The number of carbonyl (C=O) groups excluding carboxylic acids is 1. The fourth-order valence-electron chi connectivity index (χ4n) is 2.98. The SMILES string of the molecule is C[C@@H]1C[C@H](C[N+](C)(C)C)C/C1=N\OC(=O)c1ccccc1. The Labute approximate surface area is 127 Å². The molecule has 2 atom stereocenters. The minimum absolute atomic E-state index is 0.384. The summed E-state index contributed by atoms with van der Waals surface area (Å²) in [4.78, 5) is 17.0. The largest absolute Gasteiger partial charge is 0.365 e. The Kier molecular flexibility index (Phi) is 4.78. The topological polar surface area (TPSA) is 38.7 Å². The van der Waals surface area contributed by atoms with E-state index in [4.69, 9.17) is 4.84 Å². The van der Waals surface area contributed by atoms with Crippen LogP contribution in [0.1, 0.15) is 30.1 Å². The van der Waals surface area contributed by atoms with E-state index in [9.17, 15) is 4.79 Å². The van der Waals surface area contributed by atoms with Gasteiger partial charge in [-0.3, -0.25) is 0 Å². The summed E-state index contributed by atoms with van der Waals surface area (Å²) in [5.74, 6) is 0.629. The first-order valence-electron chi connectivity index (χ1n) is 7.49.